The number of hydrogen-bond donors (Lipinski definition) is 1. The minimum atomic E-state index is -0.504. The van der Waals surface area contributed by atoms with Crippen LogP contribution in [-0.4, -0.2) is 34.0 Å². The lowest BCUT2D eigenvalue weighted by atomic mass is 10.3. The molecule has 0 amide bonds. The third-order valence-electron chi connectivity index (χ3n) is 2.66. The third-order valence-corrected chi connectivity index (χ3v) is 2.66. The van der Waals surface area contributed by atoms with Crippen LogP contribution in [0.15, 0.2) is 24.7 Å². The van der Waals surface area contributed by atoms with Gasteiger partial charge in [0.25, 0.3) is 0 Å². The Morgan fingerprint density at radius 3 is 2.60 bits per heavy atom. The molecule has 0 bridgehead atoms. The summed E-state index contributed by atoms with van der Waals surface area (Å²) in [6.07, 6.45) is 2.89. The first-order chi connectivity index (χ1) is 9.50. The van der Waals surface area contributed by atoms with E-state index in [4.69, 9.17) is 0 Å². The Kier molecular flexibility index (Phi) is 3.74. The van der Waals surface area contributed by atoms with Crippen molar-refractivity contribution in [2.75, 3.05) is 24.3 Å². The van der Waals surface area contributed by atoms with Gasteiger partial charge in [0.2, 0.25) is 11.6 Å². The Hall–Kier alpha value is -2.77. The first kappa shape index (κ1) is 13.7. The molecule has 8 heteroatoms. The maximum Gasteiger partial charge on any atom is 0.353 e. The number of anilines is 3. The van der Waals surface area contributed by atoms with E-state index >= 15 is 0 Å². The zero-order valence-corrected chi connectivity index (χ0v) is 11.4. The molecule has 20 heavy (non-hydrogen) atoms. The Morgan fingerprint density at radius 2 is 2.00 bits per heavy atom. The van der Waals surface area contributed by atoms with Gasteiger partial charge in [-0.1, -0.05) is 6.07 Å². The van der Waals surface area contributed by atoms with Crippen LogP contribution in [0.25, 0.3) is 0 Å². The minimum Gasteiger partial charge on any atom is -0.357 e. The molecule has 0 aliphatic carbocycles. The molecule has 0 saturated heterocycles. The van der Waals surface area contributed by atoms with E-state index in [1.807, 2.05) is 13.0 Å². The van der Waals surface area contributed by atoms with Gasteiger partial charge in [-0.25, -0.2) is 15.0 Å². The van der Waals surface area contributed by atoms with Crippen LogP contribution in [0.1, 0.15) is 5.56 Å². The summed E-state index contributed by atoms with van der Waals surface area (Å²) in [4.78, 5) is 24.3. The number of aryl methyl sites for hydroxylation is 1. The second-order valence-corrected chi connectivity index (χ2v) is 4.34. The molecular weight excluding hydrogens is 260 g/mol. The lowest BCUT2D eigenvalue weighted by molar-refractivity contribution is -0.383. The summed E-state index contributed by atoms with van der Waals surface area (Å²) in [5, 5.41) is 14.1. The molecule has 1 N–H and O–H groups in total. The van der Waals surface area contributed by atoms with Crippen LogP contribution in [0.2, 0.25) is 0 Å². The largest absolute Gasteiger partial charge is 0.357 e. The van der Waals surface area contributed by atoms with E-state index in [1.165, 1.54) is 6.33 Å². The Balaban J connectivity index is 2.49. The van der Waals surface area contributed by atoms with Crippen LogP contribution >= 0.6 is 0 Å². The van der Waals surface area contributed by atoms with E-state index in [9.17, 15) is 10.1 Å². The molecule has 0 saturated carbocycles. The van der Waals surface area contributed by atoms with Gasteiger partial charge in [-0.2, -0.15) is 0 Å². The Labute approximate surface area is 115 Å². The fraction of sp³-hybridized carbons (Fsp3) is 0.250. The monoisotopic (exact) mass is 274 g/mol. The van der Waals surface area contributed by atoms with Crippen molar-refractivity contribution in [3.05, 3.63) is 40.3 Å². The van der Waals surface area contributed by atoms with Crippen LogP contribution in [0.4, 0.5) is 23.1 Å². The molecular formula is C12H14N6O2. The smallest absolute Gasteiger partial charge is 0.353 e. The average molecular weight is 274 g/mol. The number of nitrogens with one attached hydrogen (secondary N) is 1. The van der Waals surface area contributed by atoms with Crippen LogP contribution in [0.3, 0.4) is 0 Å². The van der Waals surface area contributed by atoms with Gasteiger partial charge < -0.3 is 10.2 Å². The maximum atomic E-state index is 11.3. The van der Waals surface area contributed by atoms with Gasteiger partial charge in [-0.15, -0.1) is 0 Å². The predicted octanol–water partition coefficient (Wildman–Crippen LogP) is 1.90. The summed E-state index contributed by atoms with van der Waals surface area (Å²) >= 11 is 0. The highest BCUT2D eigenvalue weighted by Gasteiger charge is 2.24. The lowest BCUT2D eigenvalue weighted by Crippen LogP contribution is -2.15. The lowest BCUT2D eigenvalue weighted by Gasteiger charge is -2.13. The van der Waals surface area contributed by atoms with E-state index in [0.717, 1.165) is 5.56 Å². The molecule has 2 aromatic rings. The number of nitro groups is 1. The Bertz CT molecular complexity index is 644. The number of nitrogens with zero attached hydrogens (tertiary/aromatic N) is 5. The number of rotatable bonds is 4. The summed E-state index contributed by atoms with van der Waals surface area (Å²) in [6, 6.07) is 3.65. The van der Waals surface area contributed by atoms with Crippen LogP contribution in [-0.2, 0) is 0 Å². The molecule has 2 heterocycles. The fourth-order valence-corrected chi connectivity index (χ4v) is 1.69. The second kappa shape index (κ2) is 5.47. The Morgan fingerprint density at radius 1 is 1.25 bits per heavy atom. The summed E-state index contributed by atoms with van der Waals surface area (Å²) in [5.74, 6) is 0.885. The standard InChI is InChI=1S/C12H14N6O2/c1-8-5-4-6-13-10(8)16-11-9(18(19)20)12(17(2)3)15-7-14-11/h4-7H,1-3H3,(H,13,14,15,16). The van der Waals surface area contributed by atoms with Crippen molar-refractivity contribution in [2.24, 2.45) is 0 Å². The van der Waals surface area contributed by atoms with Crippen molar-refractivity contribution in [3.8, 4) is 0 Å². The van der Waals surface area contributed by atoms with Gasteiger partial charge in [-0.3, -0.25) is 10.1 Å². The van der Waals surface area contributed by atoms with Gasteiger partial charge in [0.1, 0.15) is 12.1 Å². The number of aromatic nitrogens is 3. The quantitative estimate of drug-likeness (QED) is 0.671. The van der Waals surface area contributed by atoms with Crippen molar-refractivity contribution in [1.82, 2.24) is 15.0 Å². The van der Waals surface area contributed by atoms with E-state index in [0.29, 0.717) is 5.82 Å². The van der Waals surface area contributed by atoms with Gasteiger partial charge >= 0.3 is 5.69 Å². The molecule has 0 aromatic carbocycles. The summed E-state index contributed by atoms with van der Waals surface area (Å²) in [5.41, 5.74) is 0.689. The highest BCUT2D eigenvalue weighted by molar-refractivity contribution is 5.73. The van der Waals surface area contributed by atoms with Gasteiger partial charge in [0.15, 0.2) is 0 Å². The zero-order valence-electron chi connectivity index (χ0n) is 11.4. The van der Waals surface area contributed by atoms with Crippen LogP contribution in [0, 0.1) is 17.0 Å². The minimum absolute atomic E-state index is 0.121. The second-order valence-electron chi connectivity index (χ2n) is 4.34. The normalized spacial score (nSPS) is 10.2. The number of pyridine rings is 1. The molecule has 8 nitrogen and oxygen atoms in total. The average Bonchev–Trinajstić information content (AvgIpc) is 2.40. The van der Waals surface area contributed by atoms with Crippen molar-refractivity contribution >= 4 is 23.1 Å². The fourth-order valence-electron chi connectivity index (χ4n) is 1.69. The van der Waals surface area contributed by atoms with E-state index in [1.54, 1.807) is 31.3 Å². The SMILES string of the molecule is Cc1cccnc1Nc1ncnc(N(C)C)c1[N+](=O)[O-]. The first-order valence-corrected chi connectivity index (χ1v) is 5.86. The van der Waals surface area contributed by atoms with E-state index < -0.39 is 4.92 Å². The molecule has 0 atom stereocenters. The molecule has 0 spiro atoms. The molecule has 2 rings (SSSR count). The van der Waals surface area contributed by atoms with E-state index in [-0.39, 0.29) is 17.3 Å². The zero-order chi connectivity index (χ0) is 14.7. The summed E-state index contributed by atoms with van der Waals surface area (Å²) in [7, 11) is 3.37. The van der Waals surface area contributed by atoms with Crippen molar-refractivity contribution in [2.45, 2.75) is 6.92 Å². The highest BCUT2D eigenvalue weighted by atomic mass is 16.6. The molecule has 0 aliphatic rings. The molecule has 0 fully saturated rings. The van der Waals surface area contributed by atoms with Crippen molar-refractivity contribution < 1.29 is 4.92 Å². The van der Waals surface area contributed by atoms with Crippen molar-refractivity contribution in [3.63, 3.8) is 0 Å². The first-order valence-electron chi connectivity index (χ1n) is 5.86. The van der Waals surface area contributed by atoms with Crippen LogP contribution in [0.5, 0.6) is 0 Å². The summed E-state index contributed by atoms with van der Waals surface area (Å²) in [6.45, 7) is 1.86. The predicted molar refractivity (Wildman–Crippen MR) is 75.3 cm³/mol. The van der Waals surface area contributed by atoms with Gasteiger partial charge in [0.05, 0.1) is 4.92 Å². The molecule has 0 radical (unpaired) electrons. The number of hydrogen-bond acceptors (Lipinski definition) is 7. The topological polar surface area (TPSA) is 97.1 Å². The van der Waals surface area contributed by atoms with Crippen molar-refractivity contribution in [1.29, 1.82) is 0 Å². The summed E-state index contributed by atoms with van der Waals surface area (Å²) < 4.78 is 0. The highest BCUT2D eigenvalue weighted by Crippen LogP contribution is 2.32. The van der Waals surface area contributed by atoms with Gasteiger partial charge in [-0.05, 0) is 18.6 Å². The molecule has 0 unspecified atom stereocenters. The van der Waals surface area contributed by atoms with Gasteiger partial charge in [0, 0.05) is 20.3 Å². The van der Waals surface area contributed by atoms with Crippen LogP contribution < -0.4 is 10.2 Å². The maximum absolute atomic E-state index is 11.3. The van der Waals surface area contributed by atoms with E-state index in [2.05, 4.69) is 20.3 Å². The third kappa shape index (κ3) is 2.63. The molecule has 2 aromatic heterocycles. The molecule has 104 valence electrons. The molecule has 0 aliphatic heterocycles.